The second-order valence-corrected chi connectivity index (χ2v) is 11.1. The topological polar surface area (TPSA) is 46.6 Å². The maximum absolute atomic E-state index is 13.9. The molecular weight excluding hydrogens is 478 g/mol. The molecule has 4 aromatic carbocycles. The highest BCUT2D eigenvalue weighted by Gasteiger charge is 2.36. The molecule has 0 amide bonds. The Kier molecular flexibility index (Phi) is 6.86. The van der Waals surface area contributed by atoms with Gasteiger partial charge in [-0.1, -0.05) is 84.4 Å². The predicted octanol–water partition coefficient (Wildman–Crippen LogP) is 6.88. The van der Waals surface area contributed by atoms with Gasteiger partial charge in [0.2, 0.25) is 10.0 Å². The molecule has 37 heavy (non-hydrogen) atoms. The standard InChI is InChI=1S/C32H29NO3S/c1-23-14-17-29(18-15-23)37(34,35)33-22-27(32-21-28(36-3)16-19-30(32)24(33)2)20-31(25-10-6-4-7-11-25)26-12-8-5-9-13-26/h4-19,21,24H,22H2,1-3H3. The fourth-order valence-corrected chi connectivity index (χ4v) is 6.32. The number of benzene rings is 4. The first kappa shape index (κ1) is 24.8. The van der Waals surface area contributed by atoms with Gasteiger partial charge in [0, 0.05) is 23.7 Å². The van der Waals surface area contributed by atoms with Gasteiger partial charge in [-0.25, -0.2) is 8.42 Å². The highest BCUT2D eigenvalue weighted by Crippen LogP contribution is 2.40. The highest BCUT2D eigenvalue weighted by molar-refractivity contribution is 7.89. The minimum atomic E-state index is -3.75. The van der Waals surface area contributed by atoms with Crippen molar-refractivity contribution in [2.75, 3.05) is 13.7 Å². The molecule has 0 aromatic heterocycles. The number of nitrogens with zero attached hydrogens (tertiary/aromatic N) is 1. The summed E-state index contributed by atoms with van der Waals surface area (Å²) in [5.41, 5.74) is 10.3. The van der Waals surface area contributed by atoms with Crippen LogP contribution in [0.15, 0.2) is 114 Å². The molecular formula is C32H29NO3S. The Morgan fingerprint density at radius 2 is 1.46 bits per heavy atom. The summed E-state index contributed by atoms with van der Waals surface area (Å²) in [6.45, 7) is 4.08. The number of aryl methyl sites for hydroxylation is 1. The van der Waals surface area contributed by atoms with Crippen molar-refractivity contribution < 1.29 is 13.2 Å². The van der Waals surface area contributed by atoms with Crippen LogP contribution in [0.2, 0.25) is 0 Å². The molecule has 5 heteroatoms. The van der Waals surface area contributed by atoms with Crippen molar-refractivity contribution in [3.63, 3.8) is 0 Å². The van der Waals surface area contributed by atoms with E-state index >= 15 is 0 Å². The lowest BCUT2D eigenvalue weighted by Crippen LogP contribution is -2.38. The van der Waals surface area contributed by atoms with E-state index in [1.165, 1.54) is 0 Å². The summed E-state index contributed by atoms with van der Waals surface area (Å²) in [5.74, 6) is 0.723. The van der Waals surface area contributed by atoms with Crippen molar-refractivity contribution in [1.82, 2.24) is 4.31 Å². The summed E-state index contributed by atoms with van der Waals surface area (Å²) >= 11 is 0. The summed E-state index contributed by atoms with van der Waals surface area (Å²) in [4.78, 5) is 0.289. The van der Waals surface area contributed by atoms with Gasteiger partial charge in [-0.05, 0) is 60.4 Å². The normalized spacial score (nSPS) is 15.5. The summed E-state index contributed by atoms with van der Waals surface area (Å²) in [6.07, 6.45) is 0. The number of hydrogen-bond donors (Lipinski definition) is 0. The average molecular weight is 508 g/mol. The van der Waals surface area contributed by atoms with E-state index in [1.807, 2.05) is 80.6 Å². The molecule has 4 aromatic rings. The molecule has 0 bridgehead atoms. The van der Waals surface area contributed by atoms with Crippen molar-refractivity contribution in [3.05, 3.63) is 137 Å². The van der Waals surface area contributed by atoms with E-state index in [2.05, 4.69) is 30.0 Å². The van der Waals surface area contributed by atoms with Crippen molar-refractivity contribution in [2.45, 2.75) is 24.8 Å². The Hall–Kier alpha value is -3.89. The minimum absolute atomic E-state index is 0.195. The van der Waals surface area contributed by atoms with Gasteiger partial charge in [0.05, 0.1) is 12.0 Å². The van der Waals surface area contributed by atoms with Gasteiger partial charge in [0.25, 0.3) is 0 Å². The second kappa shape index (κ2) is 10.2. The van der Waals surface area contributed by atoms with Crippen LogP contribution in [0.25, 0.3) is 11.1 Å². The zero-order valence-corrected chi connectivity index (χ0v) is 22.0. The number of sulfonamides is 1. The van der Waals surface area contributed by atoms with E-state index in [0.29, 0.717) is 0 Å². The van der Waals surface area contributed by atoms with E-state index in [0.717, 1.165) is 44.7 Å². The molecule has 1 aliphatic rings. The lowest BCUT2D eigenvalue weighted by Gasteiger charge is -2.35. The third-order valence-corrected chi connectivity index (χ3v) is 8.74. The maximum atomic E-state index is 13.9. The fourth-order valence-electron chi connectivity index (χ4n) is 4.74. The Balaban J connectivity index is 1.77. The van der Waals surface area contributed by atoms with Crippen LogP contribution < -0.4 is 4.74 Å². The molecule has 1 atom stereocenters. The molecule has 5 rings (SSSR count). The molecule has 0 saturated heterocycles. The second-order valence-electron chi connectivity index (χ2n) is 9.20. The molecule has 0 N–H and O–H groups in total. The van der Waals surface area contributed by atoms with Crippen LogP contribution in [-0.4, -0.2) is 26.4 Å². The van der Waals surface area contributed by atoms with Crippen molar-refractivity contribution in [2.24, 2.45) is 0 Å². The Morgan fingerprint density at radius 3 is 2.03 bits per heavy atom. The molecule has 0 spiro atoms. The molecule has 1 heterocycles. The van der Waals surface area contributed by atoms with Crippen molar-refractivity contribution >= 4 is 21.2 Å². The molecule has 0 saturated carbocycles. The van der Waals surface area contributed by atoms with E-state index in [4.69, 9.17) is 4.74 Å². The van der Waals surface area contributed by atoms with Crippen LogP contribution in [0.1, 0.15) is 40.8 Å². The summed E-state index contributed by atoms with van der Waals surface area (Å²) < 4.78 is 34.8. The summed E-state index contributed by atoms with van der Waals surface area (Å²) in [6, 6.07) is 32.7. The number of methoxy groups -OCH3 is 1. The van der Waals surface area contributed by atoms with Gasteiger partial charge in [0.15, 0.2) is 0 Å². The van der Waals surface area contributed by atoms with E-state index < -0.39 is 10.0 Å². The Morgan fingerprint density at radius 1 is 0.865 bits per heavy atom. The van der Waals surface area contributed by atoms with E-state index in [9.17, 15) is 8.42 Å². The lowest BCUT2D eigenvalue weighted by atomic mass is 9.89. The van der Waals surface area contributed by atoms with E-state index in [-0.39, 0.29) is 17.5 Å². The van der Waals surface area contributed by atoms with Gasteiger partial charge in [-0.15, -0.1) is 5.73 Å². The van der Waals surface area contributed by atoms with E-state index in [1.54, 1.807) is 23.5 Å². The molecule has 1 aliphatic heterocycles. The van der Waals surface area contributed by atoms with Crippen LogP contribution in [0.3, 0.4) is 0 Å². The van der Waals surface area contributed by atoms with Crippen LogP contribution in [0.4, 0.5) is 0 Å². The number of hydrogen-bond acceptors (Lipinski definition) is 3. The molecule has 4 nitrogen and oxygen atoms in total. The predicted molar refractivity (Wildman–Crippen MR) is 149 cm³/mol. The largest absolute Gasteiger partial charge is 0.497 e. The number of fused-ring (bicyclic) bond motifs is 1. The van der Waals surface area contributed by atoms with Crippen molar-refractivity contribution in [3.8, 4) is 5.75 Å². The zero-order valence-electron chi connectivity index (χ0n) is 21.2. The molecule has 0 fully saturated rings. The molecule has 186 valence electrons. The van der Waals surface area contributed by atoms with Gasteiger partial charge in [-0.3, -0.25) is 0 Å². The Labute approximate surface area is 219 Å². The van der Waals surface area contributed by atoms with Gasteiger partial charge >= 0.3 is 0 Å². The third-order valence-electron chi connectivity index (χ3n) is 6.81. The van der Waals surface area contributed by atoms with Crippen LogP contribution in [0, 0.1) is 6.92 Å². The van der Waals surface area contributed by atoms with Gasteiger partial charge in [-0.2, -0.15) is 4.31 Å². The summed E-state index contributed by atoms with van der Waals surface area (Å²) in [7, 11) is -2.11. The molecule has 0 aliphatic carbocycles. The SMILES string of the molecule is COc1ccc2c(c1)C(=C=C(c1ccccc1)c1ccccc1)CN(S(=O)(=O)c1ccc(C)cc1)C2C. The Bertz CT molecular complexity index is 1540. The lowest BCUT2D eigenvalue weighted by molar-refractivity contribution is 0.363. The van der Waals surface area contributed by atoms with Gasteiger partial charge in [0.1, 0.15) is 5.75 Å². The van der Waals surface area contributed by atoms with Crippen LogP contribution in [0.5, 0.6) is 5.75 Å². The average Bonchev–Trinajstić information content (AvgIpc) is 2.93. The van der Waals surface area contributed by atoms with Gasteiger partial charge < -0.3 is 4.74 Å². The van der Waals surface area contributed by atoms with Crippen LogP contribution in [-0.2, 0) is 10.0 Å². The fraction of sp³-hybridized carbons (Fsp3) is 0.156. The van der Waals surface area contributed by atoms with Crippen molar-refractivity contribution in [1.29, 1.82) is 0 Å². The quantitative estimate of drug-likeness (QED) is 0.277. The monoisotopic (exact) mass is 507 g/mol. The summed E-state index contributed by atoms with van der Waals surface area (Å²) in [5, 5.41) is 0. The number of rotatable bonds is 5. The highest BCUT2D eigenvalue weighted by atomic mass is 32.2. The zero-order chi connectivity index (χ0) is 26.0. The smallest absolute Gasteiger partial charge is 0.243 e. The molecule has 1 unspecified atom stereocenters. The minimum Gasteiger partial charge on any atom is -0.497 e. The molecule has 0 radical (unpaired) electrons. The first-order chi connectivity index (χ1) is 17.9. The first-order valence-corrected chi connectivity index (χ1v) is 13.7. The maximum Gasteiger partial charge on any atom is 0.243 e. The number of ether oxygens (including phenoxy) is 1. The van der Waals surface area contributed by atoms with Crippen LogP contribution >= 0.6 is 0 Å². The third kappa shape index (κ3) is 4.90. The first-order valence-electron chi connectivity index (χ1n) is 12.3.